The van der Waals surface area contributed by atoms with E-state index in [4.69, 9.17) is 16.3 Å². The van der Waals surface area contributed by atoms with Crippen molar-refractivity contribution in [1.29, 1.82) is 0 Å². The third-order valence-electron chi connectivity index (χ3n) is 4.34. The highest BCUT2D eigenvalue weighted by Gasteiger charge is 2.36. The lowest BCUT2D eigenvalue weighted by Gasteiger charge is -2.38. The Balaban J connectivity index is 2.11. The molecule has 0 aliphatic carbocycles. The zero-order valence-corrected chi connectivity index (χ0v) is 14.5. The summed E-state index contributed by atoms with van der Waals surface area (Å²) < 4.78 is 44.6. The number of urea groups is 1. The topological polar surface area (TPSA) is 61.8 Å². The number of benzene rings is 1. The molecule has 0 spiro atoms. The SMILES string of the molecule is CN(CC1(CO)CCOCC1)C(=O)Nc1ccc(Cl)cc1C(F)(F)F. The van der Waals surface area contributed by atoms with E-state index < -0.39 is 23.2 Å². The first-order valence-corrected chi connectivity index (χ1v) is 8.12. The van der Waals surface area contributed by atoms with Gasteiger partial charge in [-0.05, 0) is 31.0 Å². The number of aliphatic hydroxyl groups excluding tert-OH is 1. The summed E-state index contributed by atoms with van der Waals surface area (Å²) in [6.45, 7) is 1.05. The van der Waals surface area contributed by atoms with E-state index in [0.717, 1.165) is 12.1 Å². The predicted octanol–water partition coefficient (Wildman–Crippen LogP) is 3.61. The Bertz CT molecular complexity index is 619. The molecule has 0 aromatic heterocycles. The molecule has 5 nitrogen and oxygen atoms in total. The highest BCUT2D eigenvalue weighted by molar-refractivity contribution is 6.30. The van der Waals surface area contributed by atoms with Gasteiger partial charge in [0.25, 0.3) is 0 Å². The van der Waals surface area contributed by atoms with Crippen LogP contribution in [0.25, 0.3) is 0 Å². The normalized spacial score (nSPS) is 17.2. The van der Waals surface area contributed by atoms with Crippen LogP contribution in [0, 0.1) is 5.41 Å². The van der Waals surface area contributed by atoms with Gasteiger partial charge in [-0.15, -0.1) is 0 Å². The minimum absolute atomic E-state index is 0.0693. The average Bonchev–Trinajstić information content (AvgIpc) is 2.56. The highest BCUT2D eigenvalue weighted by Crippen LogP contribution is 2.37. The molecule has 25 heavy (non-hydrogen) atoms. The highest BCUT2D eigenvalue weighted by atomic mass is 35.5. The number of amides is 2. The molecule has 1 heterocycles. The maximum absolute atomic E-state index is 13.1. The van der Waals surface area contributed by atoms with E-state index in [1.54, 1.807) is 0 Å². The van der Waals surface area contributed by atoms with Gasteiger partial charge in [0.15, 0.2) is 0 Å². The van der Waals surface area contributed by atoms with Gasteiger partial charge in [0, 0.05) is 37.2 Å². The van der Waals surface area contributed by atoms with E-state index in [1.807, 2.05) is 0 Å². The first-order valence-electron chi connectivity index (χ1n) is 7.74. The summed E-state index contributed by atoms with van der Waals surface area (Å²) in [5, 5.41) is 11.9. The molecular weight excluding hydrogens is 361 g/mol. The third-order valence-corrected chi connectivity index (χ3v) is 4.57. The smallest absolute Gasteiger partial charge is 0.396 e. The molecule has 0 radical (unpaired) electrons. The first kappa shape index (κ1) is 19.8. The van der Waals surface area contributed by atoms with Crippen LogP contribution in [-0.2, 0) is 10.9 Å². The Hall–Kier alpha value is -1.51. The van der Waals surface area contributed by atoms with Crippen molar-refractivity contribution in [3.63, 3.8) is 0 Å². The van der Waals surface area contributed by atoms with Crippen LogP contribution in [0.5, 0.6) is 0 Å². The Morgan fingerprint density at radius 2 is 2.04 bits per heavy atom. The van der Waals surface area contributed by atoms with Gasteiger partial charge in [-0.1, -0.05) is 11.6 Å². The number of nitrogens with zero attached hydrogens (tertiary/aromatic N) is 1. The minimum atomic E-state index is -4.64. The molecule has 0 unspecified atom stereocenters. The summed E-state index contributed by atoms with van der Waals surface area (Å²) >= 11 is 5.63. The second-order valence-electron chi connectivity index (χ2n) is 6.24. The lowest BCUT2D eigenvalue weighted by molar-refractivity contribution is -0.136. The Morgan fingerprint density at radius 1 is 1.40 bits per heavy atom. The summed E-state index contributed by atoms with van der Waals surface area (Å²) in [6, 6.07) is 2.48. The Labute approximate surface area is 148 Å². The summed E-state index contributed by atoms with van der Waals surface area (Å²) in [6.07, 6.45) is -3.48. The van der Waals surface area contributed by atoms with Gasteiger partial charge in [0.05, 0.1) is 17.9 Å². The average molecular weight is 381 g/mol. The molecule has 2 rings (SSSR count). The van der Waals surface area contributed by atoms with Gasteiger partial charge in [-0.3, -0.25) is 0 Å². The lowest BCUT2D eigenvalue weighted by atomic mass is 9.80. The molecule has 1 aromatic carbocycles. The van der Waals surface area contributed by atoms with Crippen molar-refractivity contribution in [2.45, 2.75) is 19.0 Å². The van der Waals surface area contributed by atoms with Crippen molar-refractivity contribution in [3.05, 3.63) is 28.8 Å². The van der Waals surface area contributed by atoms with Crippen molar-refractivity contribution >= 4 is 23.3 Å². The van der Waals surface area contributed by atoms with E-state index in [0.29, 0.717) is 26.1 Å². The molecule has 140 valence electrons. The first-order chi connectivity index (χ1) is 11.7. The Morgan fingerprint density at radius 3 is 2.60 bits per heavy atom. The molecule has 1 saturated heterocycles. The van der Waals surface area contributed by atoms with Crippen LogP contribution >= 0.6 is 11.6 Å². The second kappa shape index (κ2) is 7.80. The van der Waals surface area contributed by atoms with Crippen molar-refractivity contribution in [2.75, 3.05) is 38.7 Å². The van der Waals surface area contributed by atoms with Crippen LogP contribution in [0.3, 0.4) is 0 Å². The van der Waals surface area contributed by atoms with Gasteiger partial charge in [0.2, 0.25) is 0 Å². The van der Waals surface area contributed by atoms with Gasteiger partial charge < -0.3 is 20.1 Å². The number of nitrogens with one attached hydrogen (secondary N) is 1. The Kier molecular flexibility index (Phi) is 6.18. The fourth-order valence-electron chi connectivity index (χ4n) is 2.82. The number of halogens is 4. The molecule has 1 fully saturated rings. The summed E-state index contributed by atoms with van der Waals surface area (Å²) in [7, 11) is 1.48. The number of rotatable bonds is 4. The summed E-state index contributed by atoms with van der Waals surface area (Å²) in [4.78, 5) is 13.6. The van der Waals surface area contributed by atoms with Crippen LogP contribution in [0.4, 0.5) is 23.7 Å². The van der Waals surface area contributed by atoms with Crippen molar-refractivity contribution < 1.29 is 27.8 Å². The second-order valence-corrected chi connectivity index (χ2v) is 6.68. The van der Waals surface area contributed by atoms with Gasteiger partial charge in [-0.2, -0.15) is 13.2 Å². The molecule has 0 atom stereocenters. The maximum Gasteiger partial charge on any atom is 0.418 e. The zero-order chi connectivity index (χ0) is 18.7. The number of carbonyl (C=O) groups is 1. The van der Waals surface area contributed by atoms with Gasteiger partial charge >= 0.3 is 12.2 Å². The molecule has 9 heteroatoms. The molecule has 0 saturated carbocycles. The molecule has 1 aliphatic rings. The van der Waals surface area contributed by atoms with Crippen LogP contribution in [0.15, 0.2) is 18.2 Å². The van der Waals surface area contributed by atoms with Gasteiger partial charge in [0.1, 0.15) is 0 Å². The van der Waals surface area contributed by atoms with Crippen molar-refractivity contribution in [2.24, 2.45) is 5.41 Å². The fourth-order valence-corrected chi connectivity index (χ4v) is 2.99. The number of hydrogen-bond donors (Lipinski definition) is 2. The number of ether oxygens (including phenoxy) is 1. The van der Waals surface area contributed by atoms with Gasteiger partial charge in [-0.25, -0.2) is 4.79 Å². The molecular formula is C16H20ClF3N2O3. The van der Waals surface area contributed by atoms with Crippen molar-refractivity contribution in [3.8, 4) is 0 Å². The van der Waals surface area contributed by atoms with Crippen molar-refractivity contribution in [1.82, 2.24) is 4.90 Å². The predicted molar refractivity (Wildman–Crippen MR) is 87.7 cm³/mol. The maximum atomic E-state index is 13.1. The molecule has 2 N–H and O–H groups in total. The number of carbonyl (C=O) groups excluding carboxylic acids is 1. The third kappa shape index (κ3) is 4.99. The van der Waals surface area contributed by atoms with Crippen LogP contribution in [0.2, 0.25) is 5.02 Å². The van der Waals surface area contributed by atoms with E-state index in [2.05, 4.69) is 5.32 Å². The van der Waals surface area contributed by atoms with E-state index in [1.165, 1.54) is 18.0 Å². The number of hydrogen-bond acceptors (Lipinski definition) is 3. The zero-order valence-electron chi connectivity index (χ0n) is 13.7. The summed E-state index contributed by atoms with van der Waals surface area (Å²) in [5.41, 5.74) is -1.87. The largest absolute Gasteiger partial charge is 0.418 e. The number of aliphatic hydroxyl groups is 1. The van der Waals surface area contributed by atoms with Crippen LogP contribution in [-0.4, -0.2) is 49.5 Å². The van der Waals surface area contributed by atoms with Crippen LogP contribution < -0.4 is 5.32 Å². The van der Waals surface area contributed by atoms with E-state index in [9.17, 15) is 23.1 Å². The molecule has 1 aliphatic heterocycles. The molecule has 2 amide bonds. The number of anilines is 1. The standard InChI is InChI=1S/C16H20ClF3N2O3/c1-22(9-15(10-23)4-6-25-7-5-15)14(24)21-13-3-2-11(17)8-12(13)16(18,19)20/h2-3,8,23H,4-7,9-10H2,1H3,(H,21,24). The lowest BCUT2D eigenvalue weighted by Crippen LogP contribution is -2.45. The van der Waals surface area contributed by atoms with E-state index >= 15 is 0 Å². The van der Waals surface area contributed by atoms with E-state index in [-0.39, 0.29) is 23.9 Å². The quantitative estimate of drug-likeness (QED) is 0.838. The van der Waals surface area contributed by atoms with Crippen LogP contribution in [0.1, 0.15) is 18.4 Å². The fraction of sp³-hybridized carbons (Fsp3) is 0.562. The molecule has 0 bridgehead atoms. The summed E-state index contributed by atoms with van der Waals surface area (Å²) in [5.74, 6) is 0. The molecule has 1 aromatic rings. The monoisotopic (exact) mass is 380 g/mol. The number of alkyl halides is 3. The minimum Gasteiger partial charge on any atom is -0.396 e.